The van der Waals surface area contributed by atoms with Crippen LogP contribution in [-0.2, 0) is 14.3 Å². The number of aliphatic imine (C=N–C) groups is 1. The standard InChI is InChI=1S/C26H27NO3/c1-16-22(25(29)30-4)23(24-20(27-16)14-26(2,3)15-21(24)28)19-12-10-18(11-13-19)17-8-6-5-7-9-17/h5-13,22-23H,14-15H2,1-4H3/t22?,23-/m0/s1. The van der Waals surface area contributed by atoms with Crippen LogP contribution in [0.5, 0.6) is 0 Å². The first-order chi connectivity index (χ1) is 14.3. The van der Waals surface area contributed by atoms with Crippen molar-refractivity contribution in [1.82, 2.24) is 0 Å². The number of methoxy groups -OCH3 is 1. The van der Waals surface area contributed by atoms with E-state index in [0.29, 0.717) is 17.7 Å². The van der Waals surface area contributed by atoms with Gasteiger partial charge in [-0.1, -0.05) is 68.4 Å². The summed E-state index contributed by atoms with van der Waals surface area (Å²) in [6, 6.07) is 18.3. The van der Waals surface area contributed by atoms with Gasteiger partial charge in [-0.25, -0.2) is 0 Å². The van der Waals surface area contributed by atoms with Crippen LogP contribution < -0.4 is 0 Å². The number of carbonyl (C=O) groups is 2. The summed E-state index contributed by atoms with van der Waals surface area (Å²) in [5.41, 5.74) is 5.27. The van der Waals surface area contributed by atoms with Crippen LogP contribution in [0.4, 0.5) is 0 Å². The Hall–Kier alpha value is -3.01. The number of Topliss-reactive ketones (excluding diaryl/α,β-unsaturated/α-hetero) is 1. The monoisotopic (exact) mass is 401 g/mol. The van der Waals surface area contributed by atoms with Crippen LogP contribution in [0.3, 0.4) is 0 Å². The van der Waals surface area contributed by atoms with E-state index in [-0.39, 0.29) is 23.1 Å². The largest absolute Gasteiger partial charge is 0.468 e. The molecule has 1 aliphatic carbocycles. The number of ether oxygens (including phenoxy) is 1. The average molecular weight is 402 g/mol. The highest BCUT2D eigenvalue weighted by Crippen LogP contribution is 2.48. The number of hydrogen-bond acceptors (Lipinski definition) is 4. The van der Waals surface area contributed by atoms with Crippen LogP contribution in [0.15, 0.2) is 70.9 Å². The first-order valence-electron chi connectivity index (χ1n) is 10.4. The lowest BCUT2D eigenvalue weighted by Crippen LogP contribution is -2.39. The summed E-state index contributed by atoms with van der Waals surface area (Å²) < 4.78 is 5.11. The van der Waals surface area contributed by atoms with E-state index in [4.69, 9.17) is 9.73 Å². The zero-order valence-electron chi connectivity index (χ0n) is 17.9. The number of allylic oxidation sites excluding steroid dienone is 2. The fourth-order valence-corrected chi connectivity index (χ4v) is 4.75. The minimum Gasteiger partial charge on any atom is -0.468 e. The van der Waals surface area contributed by atoms with Gasteiger partial charge in [0.1, 0.15) is 5.92 Å². The molecule has 0 fully saturated rings. The van der Waals surface area contributed by atoms with Crippen molar-refractivity contribution in [3.63, 3.8) is 0 Å². The predicted molar refractivity (Wildman–Crippen MR) is 118 cm³/mol. The molecule has 0 saturated heterocycles. The Labute approximate surface area is 177 Å². The van der Waals surface area contributed by atoms with Crippen molar-refractivity contribution in [3.05, 3.63) is 71.4 Å². The van der Waals surface area contributed by atoms with Crippen LogP contribution in [0.2, 0.25) is 0 Å². The summed E-state index contributed by atoms with van der Waals surface area (Å²) >= 11 is 0. The number of benzene rings is 2. The van der Waals surface area contributed by atoms with Crippen LogP contribution in [0.1, 0.15) is 45.1 Å². The van der Waals surface area contributed by atoms with E-state index < -0.39 is 5.92 Å². The number of rotatable bonds is 3. The van der Waals surface area contributed by atoms with Gasteiger partial charge in [-0.3, -0.25) is 14.6 Å². The Bertz CT molecular complexity index is 1050. The lowest BCUT2D eigenvalue weighted by molar-refractivity contribution is -0.143. The van der Waals surface area contributed by atoms with Crippen molar-refractivity contribution < 1.29 is 14.3 Å². The second kappa shape index (κ2) is 7.67. The van der Waals surface area contributed by atoms with Gasteiger partial charge in [-0.05, 0) is 35.4 Å². The van der Waals surface area contributed by atoms with Crippen LogP contribution >= 0.6 is 0 Å². The van der Waals surface area contributed by atoms with Gasteiger partial charge in [0.25, 0.3) is 0 Å². The molecule has 2 atom stereocenters. The third kappa shape index (κ3) is 3.62. The molecule has 30 heavy (non-hydrogen) atoms. The maximum atomic E-state index is 13.2. The number of hydrogen-bond donors (Lipinski definition) is 0. The van der Waals surface area contributed by atoms with Crippen molar-refractivity contribution in [2.75, 3.05) is 7.11 Å². The molecule has 0 bridgehead atoms. The Morgan fingerprint density at radius 3 is 2.27 bits per heavy atom. The second-order valence-corrected chi connectivity index (χ2v) is 9.02. The van der Waals surface area contributed by atoms with E-state index in [9.17, 15) is 9.59 Å². The minimum absolute atomic E-state index is 0.0866. The molecule has 0 N–H and O–H groups in total. The second-order valence-electron chi connectivity index (χ2n) is 9.02. The smallest absolute Gasteiger partial charge is 0.315 e. The Balaban J connectivity index is 1.81. The van der Waals surface area contributed by atoms with E-state index in [2.05, 4.69) is 38.1 Å². The third-order valence-corrected chi connectivity index (χ3v) is 6.13. The molecule has 1 unspecified atom stereocenters. The number of carbonyl (C=O) groups excluding carboxylic acids is 2. The van der Waals surface area contributed by atoms with E-state index >= 15 is 0 Å². The third-order valence-electron chi connectivity index (χ3n) is 6.13. The number of nitrogens with zero attached hydrogens (tertiary/aromatic N) is 1. The molecule has 2 aromatic carbocycles. The summed E-state index contributed by atoms with van der Waals surface area (Å²) in [6.45, 7) is 6.05. The molecule has 0 radical (unpaired) electrons. The molecule has 4 rings (SSSR count). The van der Waals surface area contributed by atoms with Gasteiger partial charge >= 0.3 is 5.97 Å². The average Bonchev–Trinajstić information content (AvgIpc) is 2.72. The molecular formula is C26H27NO3. The summed E-state index contributed by atoms with van der Waals surface area (Å²) in [5, 5.41) is 0. The van der Waals surface area contributed by atoms with Gasteiger partial charge in [0.15, 0.2) is 5.78 Å². The van der Waals surface area contributed by atoms with Crippen molar-refractivity contribution in [2.24, 2.45) is 16.3 Å². The molecule has 1 aliphatic heterocycles. The Kier molecular flexibility index (Phi) is 5.19. The van der Waals surface area contributed by atoms with E-state index in [0.717, 1.165) is 28.8 Å². The van der Waals surface area contributed by atoms with Gasteiger partial charge in [-0.15, -0.1) is 0 Å². The highest BCUT2D eigenvalue weighted by molar-refractivity contribution is 6.09. The lowest BCUT2D eigenvalue weighted by Gasteiger charge is -2.38. The molecule has 1 heterocycles. The van der Waals surface area contributed by atoms with Gasteiger partial charge in [0.2, 0.25) is 0 Å². The molecule has 0 amide bonds. The summed E-state index contributed by atoms with van der Waals surface area (Å²) in [7, 11) is 1.39. The van der Waals surface area contributed by atoms with Crippen LogP contribution in [0, 0.1) is 11.3 Å². The quantitative estimate of drug-likeness (QED) is 0.652. The molecule has 2 aromatic rings. The van der Waals surface area contributed by atoms with E-state index in [1.807, 2.05) is 37.3 Å². The van der Waals surface area contributed by atoms with Crippen LogP contribution in [0.25, 0.3) is 11.1 Å². The maximum Gasteiger partial charge on any atom is 0.315 e. The molecule has 2 aliphatic rings. The topological polar surface area (TPSA) is 55.7 Å². The van der Waals surface area contributed by atoms with Crippen LogP contribution in [-0.4, -0.2) is 24.6 Å². The molecule has 154 valence electrons. The van der Waals surface area contributed by atoms with Gasteiger partial charge in [-0.2, -0.15) is 0 Å². The number of ketones is 1. The van der Waals surface area contributed by atoms with Crippen molar-refractivity contribution in [1.29, 1.82) is 0 Å². The van der Waals surface area contributed by atoms with Crippen molar-refractivity contribution in [2.45, 2.75) is 39.5 Å². The SMILES string of the molecule is COC(=O)C1C(C)=NC2=C(C(=O)CC(C)(C)C2)[C@H]1c1ccc(-c2ccccc2)cc1. The summed E-state index contributed by atoms with van der Waals surface area (Å²) in [4.78, 5) is 30.6. The highest BCUT2D eigenvalue weighted by Gasteiger charge is 2.45. The molecule has 0 spiro atoms. The highest BCUT2D eigenvalue weighted by atomic mass is 16.5. The number of esters is 1. The fraction of sp³-hybridized carbons (Fsp3) is 0.346. The first kappa shape index (κ1) is 20.3. The predicted octanol–water partition coefficient (Wildman–Crippen LogP) is 5.34. The summed E-state index contributed by atoms with van der Waals surface area (Å²) in [5.74, 6) is -1.21. The molecule has 4 heteroatoms. The fourth-order valence-electron chi connectivity index (χ4n) is 4.75. The summed E-state index contributed by atoms with van der Waals surface area (Å²) in [6.07, 6.45) is 1.20. The van der Waals surface area contributed by atoms with E-state index in [1.54, 1.807) is 0 Å². The molecule has 4 nitrogen and oxygen atoms in total. The lowest BCUT2D eigenvalue weighted by atomic mass is 9.67. The first-order valence-corrected chi connectivity index (χ1v) is 10.4. The van der Waals surface area contributed by atoms with Gasteiger partial charge < -0.3 is 4.74 Å². The van der Waals surface area contributed by atoms with E-state index in [1.165, 1.54) is 7.11 Å². The van der Waals surface area contributed by atoms with Gasteiger partial charge in [0.05, 0.1) is 7.11 Å². The van der Waals surface area contributed by atoms with Crippen molar-refractivity contribution >= 4 is 17.5 Å². The Morgan fingerprint density at radius 2 is 1.63 bits per heavy atom. The molecule has 0 saturated carbocycles. The maximum absolute atomic E-state index is 13.2. The zero-order chi connectivity index (χ0) is 21.5. The normalized spacial score (nSPS) is 22.9. The van der Waals surface area contributed by atoms with Gasteiger partial charge in [0, 0.05) is 29.3 Å². The Morgan fingerprint density at radius 1 is 1.00 bits per heavy atom. The molecular weight excluding hydrogens is 374 g/mol. The molecule has 0 aromatic heterocycles. The minimum atomic E-state index is -0.582. The zero-order valence-corrected chi connectivity index (χ0v) is 17.9. The van der Waals surface area contributed by atoms with Crippen molar-refractivity contribution in [3.8, 4) is 11.1 Å².